The maximum Gasteiger partial charge on any atom is 0.191 e. The topological polar surface area (TPSA) is 65.9 Å². The van der Waals surface area contributed by atoms with Gasteiger partial charge in [-0.25, -0.2) is 0 Å². The first kappa shape index (κ1) is 22.0. The van der Waals surface area contributed by atoms with E-state index in [4.69, 9.17) is 4.74 Å². The second-order valence-corrected chi connectivity index (χ2v) is 6.59. The van der Waals surface area contributed by atoms with Crippen molar-refractivity contribution in [3.8, 4) is 5.75 Å². The molecule has 0 aliphatic heterocycles. The van der Waals surface area contributed by atoms with E-state index < -0.39 is 0 Å². The van der Waals surface area contributed by atoms with Crippen molar-refractivity contribution in [2.45, 2.75) is 52.2 Å². The summed E-state index contributed by atoms with van der Waals surface area (Å²) in [4.78, 5) is 4.68. The summed E-state index contributed by atoms with van der Waals surface area (Å²) in [6, 6.07) is 6.27. The number of hydrogen-bond donors (Lipinski definition) is 3. The highest BCUT2D eigenvalue weighted by Gasteiger charge is 2.25. The zero-order valence-corrected chi connectivity index (χ0v) is 18.0. The number of benzene rings is 1. The van der Waals surface area contributed by atoms with Gasteiger partial charge >= 0.3 is 0 Å². The largest absolute Gasteiger partial charge is 0.496 e. The lowest BCUT2D eigenvalue weighted by Gasteiger charge is -2.21. The van der Waals surface area contributed by atoms with Gasteiger partial charge in [-0.15, -0.1) is 24.0 Å². The third-order valence-electron chi connectivity index (χ3n) is 4.65. The monoisotopic (exact) mass is 461 g/mol. The van der Waals surface area contributed by atoms with E-state index in [0.717, 1.165) is 43.1 Å². The zero-order chi connectivity index (χ0) is 17.5. The normalized spacial score (nSPS) is 21.4. The summed E-state index contributed by atoms with van der Waals surface area (Å²) in [6.07, 6.45) is 2.86. The van der Waals surface area contributed by atoms with E-state index in [1.54, 1.807) is 7.11 Å². The first-order chi connectivity index (χ1) is 11.5. The maximum atomic E-state index is 9.96. The molecule has 0 spiro atoms. The Morgan fingerprint density at radius 1 is 1.40 bits per heavy atom. The molecule has 3 atom stereocenters. The van der Waals surface area contributed by atoms with Gasteiger partial charge in [-0.05, 0) is 39.7 Å². The molecule has 0 bridgehead atoms. The number of aliphatic hydroxyl groups excluding tert-OH is 1. The SMILES string of the molecule is CCNC(=NCC1CCCC1O)NC(C)c1cc(C)ccc1OC.I. The van der Waals surface area contributed by atoms with Gasteiger partial charge in [0.05, 0.1) is 19.3 Å². The Kier molecular flexibility index (Phi) is 9.56. The minimum Gasteiger partial charge on any atom is -0.496 e. The van der Waals surface area contributed by atoms with Crippen molar-refractivity contribution in [1.29, 1.82) is 0 Å². The Balaban J connectivity index is 0.00000312. The Bertz CT molecular complexity index is 566. The molecular weight excluding hydrogens is 429 g/mol. The van der Waals surface area contributed by atoms with Crippen LogP contribution in [0.3, 0.4) is 0 Å². The second-order valence-electron chi connectivity index (χ2n) is 6.59. The first-order valence-electron chi connectivity index (χ1n) is 8.92. The van der Waals surface area contributed by atoms with E-state index in [0.29, 0.717) is 6.54 Å². The fourth-order valence-electron chi connectivity index (χ4n) is 3.23. The molecule has 3 unspecified atom stereocenters. The molecule has 2 rings (SSSR count). The Morgan fingerprint density at radius 2 is 2.16 bits per heavy atom. The third-order valence-corrected chi connectivity index (χ3v) is 4.65. The molecule has 25 heavy (non-hydrogen) atoms. The van der Waals surface area contributed by atoms with Crippen LogP contribution in [0.4, 0.5) is 0 Å². The van der Waals surface area contributed by atoms with E-state index in [-0.39, 0.29) is 42.0 Å². The van der Waals surface area contributed by atoms with Gasteiger partial charge in [-0.2, -0.15) is 0 Å². The van der Waals surface area contributed by atoms with E-state index in [2.05, 4.69) is 48.5 Å². The predicted octanol–water partition coefficient (Wildman–Crippen LogP) is 3.40. The lowest BCUT2D eigenvalue weighted by Crippen LogP contribution is -2.39. The molecular formula is C19H32IN3O2. The highest BCUT2D eigenvalue weighted by Crippen LogP contribution is 2.27. The molecule has 1 aromatic rings. The van der Waals surface area contributed by atoms with Gasteiger partial charge in [0.15, 0.2) is 5.96 Å². The molecule has 0 radical (unpaired) electrons. The van der Waals surface area contributed by atoms with Gasteiger partial charge in [0.1, 0.15) is 5.75 Å². The fourth-order valence-corrected chi connectivity index (χ4v) is 3.23. The minimum absolute atomic E-state index is 0. The molecule has 1 aliphatic rings. The van der Waals surface area contributed by atoms with Crippen LogP contribution in [0.1, 0.15) is 50.3 Å². The van der Waals surface area contributed by atoms with Crippen LogP contribution in [0.25, 0.3) is 0 Å². The van der Waals surface area contributed by atoms with Crippen molar-refractivity contribution in [1.82, 2.24) is 10.6 Å². The summed E-state index contributed by atoms with van der Waals surface area (Å²) in [5, 5.41) is 16.7. The maximum absolute atomic E-state index is 9.96. The number of rotatable bonds is 6. The number of aryl methyl sites for hydroxylation is 1. The zero-order valence-electron chi connectivity index (χ0n) is 15.7. The quantitative estimate of drug-likeness (QED) is 0.345. The molecule has 142 valence electrons. The molecule has 0 aromatic heterocycles. The van der Waals surface area contributed by atoms with Crippen molar-refractivity contribution in [3.05, 3.63) is 29.3 Å². The number of ether oxygens (including phenoxy) is 1. The van der Waals surface area contributed by atoms with E-state index in [1.165, 1.54) is 5.56 Å². The third kappa shape index (κ3) is 6.33. The molecule has 1 aromatic carbocycles. The lowest BCUT2D eigenvalue weighted by molar-refractivity contribution is 0.136. The van der Waals surface area contributed by atoms with Crippen molar-refractivity contribution in [3.63, 3.8) is 0 Å². The van der Waals surface area contributed by atoms with Gasteiger partial charge < -0.3 is 20.5 Å². The van der Waals surface area contributed by atoms with Gasteiger partial charge in [0.2, 0.25) is 0 Å². The number of aliphatic imine (C=N–C) groups is 1. The average molecular weight is 461 g/mol. The number of hydrogen-bond acceptors (Lipinski definition) is 3. The van der Waals surface area contributed by atoms with Crippen molar-refractivity contribution < 1.29 is 9.84 Å². The second kappa shape index (κ2) is 10.9. The lowest BCUT2D eigenvalue weighted by atomic mass is 10.0. The Hall–Kier alpha value is -1.02. The van der Waals surface area contributed by atoms with Crippen LogP contribution < -0.4 is 15.4 Å². The summed E-state index contributed by atoms with van der Waals surface area (Å²) >= 11 is 0. The average Bonchev–Trinajstić information content (AvgIpc) is 2.97. The van der Waals surface area contributed by atoms with Crippen molar-refractivity contribution in [2.24, 2.45) is 10.9 Å². The van der Waals surface area contributed by atoms with E-state index in [1.807, 2.05) is 6.07 Å². The standard InChI is InChI=1S/C19H31N3O2.HI/c1-5-20-19(21-12-15-7-6-8-17(15)23)22-14(3)16-11-13(2)9-10-18(16)24-4;/h9-11,14-15,17,23H,5-8,12H2,1-4H3,(H2,20,21,22);1H. The Labute approximate surface area is 168 Å². The van der Waals surface area contributed by atoms with Crippen molar-refractivity contribution in [2.75, 3.05) is 20.2 Å². The predicted molar refractivity (Wildman–Crippen MR) is 114 cm³/mol. The van der Waals surface area contributed by atoms with Gasteiger partial charge in [0, 0.05) is 24.6 Å². The number of halogens is 1. The molecule has 1 saturated carbocycles. The molecule has 6 heteroatoms. The molecule has 3 N–H and O–H groups in total. The smallest absolute Gasteiger partial charge is 0.191 e. The van der Waals surface area contributed by atoms with Gasteiger partial charge in [0.25, 0.3) is 0 Å². The minimum atomic E-state index is -0.203. The fraction of sp³-hybridized carbons (Fsp3) is 0.632. The van der Waals surface area contributed by atoms with Crippen LogP contribution in [0, 0.1) is 12.8 Å². The number of nitrogens with one attached hydrogen (secondary N) is 2. The van der Waals surface area contributed by atoms with Crippen LogP contribution in [0.2, 0.25) is 0 Å². The van der Waals surface area contributed by atoms with Crippen LogP contribution >= 0.6 is 24.0 Å². The summed E-state index contributed by atoms with van der Waals surface area (Å²) < 4.78 is 5.48. The van der Waals surface area contributed by atoms with Gasteiger partial charge in [-0.3, -0.25) is 4.99 Å². The van der Waals surface area contributed by atoms with Gasteiger partial charge in [-0.1, -0.05) is 24.1 Å². The number of guanidine groups is 1. The Morgan fingerprint density at radius 3 is 2.76 bits per heavy atom. The summed E-state index contributed by atoms with van der Waals surface area (Å²) in [7, 11) is 1.70. The molecule has 1 fully saturated rings. The van der Waals surface area contributed by atoms with Crippen LogP contribution in [-0.4, -0.2) is 37.4 Å². The number of aliphatic hydroxyl groups is 1. The molecule has 0 saturated heterocycles. The molecule has 5 nitrogen and oxygen atoms in total. The van der Waals surface area contributed by atoms with E-state index in [9.17, 15) is 5.11 Å². The van der Waals surface area contributed by atoms with Crippen LogP contribution in [0.15, 0.2) is 23.2 Å². The number of nitrogens with zero attached hydrogens (tertiary/aromatic N) is 1. The molecule has 1 aliphatic carbocycles. The van der Waals surface area contributed by atoms with E-state index >= 15 is 0 Å². The summed E-state index contributed by atoms with van der Waals surface area (Å²) in [6.45, 7) is 7.70. The molecule has 0 amide bonds. The number of methoxy groups -OCH3 is 1. The molecule has 0 heterocycles. The summed E-state index contributed by atoms with van der Waals surface area (Å²) in [5.41, 5.74) is 2.32. The highest BCUT2D eigenvalue weighted by atomic mass is 127. The summed E-state index contributed by atoms with van der Waals surface area (Å²) in [5.74, 6) is 1.94. The van der Waals surface area contributed by atoms with Crippen LogP contribution in [-0.2, 0) is 0 Å². The highest BCUT2D eigenvalue weighted by molar-refractivity contribution is 14.0. The van der Waals surface area contributed by atoms with Crippen LogP contribution in [0.5, 0.6) is 5.75 Å². The first-order valence-corrected chi connectivity index (χ1v) is 8.92. The van der Waals surface area contributed by atoms with Crippen molar-refractivity contribution >= 4 is 29.9 Å².